The van der Waals surface area contributed by atoms with Gasteiger partial charge in [-0.3, -0.25) is 19.7 Å². The zero-order chi connectivity index (χ0) is 14.5. The lowest BCUT2D eigenvalue weighted by molar-refractivity contribution is -0.385. The zero-order valence-corrected chi connectivity index (χ0v) is 10.4. The van der Waals surface area contributed by atoms with Crippen molar-refractivity contribution in [2.45, 2.75) is 18.9 Å². The second-order valence-electron chi connectivity index (χ2n) is 4.21. The van der Waals surface area contributed by atoms with Gasteiger partial charge in [0.1, 0.15) is 6.04 Å². The Morgan fingerprint density at radius 2 is 2.25 bits per heavy atom. The Morgan fingerprint density at radius 1 is 1.50 bits per heavy atom. The lowest BCUT2D eigenvalue weighted by Crippen LogP contribution is -2.39. The molecule has 1 fully saturated rings. The highest BCUT2D eigenvalue weighted by Gasteiger charge is 2.26. The Labute approximate surface area is 114 Å². The van der Waals surface area contributed by atoms with Gasteiger partial charge in [-0.05, 0) is 12.5 Å². The lowest BCUT2D eigenvalue weighted by Gasteiger charge is -2.06. The molecule has 20 heavy (non-hydrogen) atoms. The molecule has 2 N–H and O–H groups in total. The Morgan fingerprint density at radius 3 is 2.90 bits per heavy atom. The molecule has 0 spiro atoms. The Balaban J connectivity index is 1.98. The highest BCUT2D eigenvalue weighted by Crippen LogP contribution is 2.15. The second-order valence-corrected chi connectivity index (χ2v) is 4.21. The van der Waals surface area contributed by atoms with Crippen LogP contribution in [0.2, 0.25) is 0 Å². The summed E-state index contributed by atoms with van der Waals surface area (Å²) in [5.41, 5.74) is 2.44. The number of amides is 2. The normalized spacial score (nSPS) is 18.0. The summed E-state index contributed by atoms with van der Waals surface area (Å²) >= 11 is 0. The predicted molar refractivity (Wildman–Crippen MR) is 70.0 cm³/mol. The molecule has 0 radical (unpaired) electrons. The fourth-order valence-corrected chi connectivity index (χ4v) is 1.82. The highest BCUT2D eigenvalue weighted by atomic mass is 16.6. The molecular weight excluding hydrogens is 264 g/mol. The van der Waals surface area contributed by atoms with Gasteiger partial charge >= 0.3 is 0 Å². The average molecular weight is 276 g/mol. The molecule has 8 nitrogen and oxygen atoms in total. The van der Waals surface area contributed by atoms with Gasteiger partial charge in [-0.15, -0.1) is 0 Å². The molecule has 1 aromatic carbocycles. The smallest absolute Gasteiger partial charge is 0.278 e. The molecule has 1 saturated heterocycles. The number of hydrazone groups is 1. The number of nitrogens with one attached hydrogen (secondary N) is 2. The summed E-state index contributed by atoms with van der Waals surface area (Å²) < 4.78 is 0. The summed E-state index contributed by atoms with van der Waals surface area (Å²) in [5.74, 6) is -0.612. The first kappa shape index (κ1) is 13.7. The Bertz CT molecular complexity index is 585. The van der Waals surface area contributed by atoms with Crippen molar-refractivity contribution in [1.29, 1.82) is 0 Å². The molecule has 1 heterocycles. The van der Waals surface area contributed by atoms with Crippen LogP contribution >= 0.6 is 0 Å². The third-order valence-electron chi connectivity index (χ3n) is 2.82. The van der Waals surface area contributed by atoms with Gasteiger partial charge in [-0.25, -0.2) is 5.43 Å². The molecule has 0 bridgehead atoms. The van der Waals surface area contributed by atoms with Crippen molar-refractivity contribution in [3.63, 3.8) is 0 Å². The van der Waals surface area contributed by atoms with Gasteiger partial charge in [0.05, 0.1) is 16.7 Å². The number of rotatable bonds is 4. The molecule has 0 aromatic heterocycles. The van der Waals surface area contributed by atoms with Crippen LogP contribution in [0.25, 0.3) is 0 Å². The van der Waals surface area contributed by atoms with Crippen LogP contribution in [0.1, 0.15) is 18.4 Å². The first-order valence-electron chi connectivity index (χ1n) is 5.93. The summed E-state index contributed by atoms with van der Waals surface area (Å²) in [6.45, 7) is 0. The first-order chi connectivity index (χ1) is 9.58. The standard InChI is InChI=1S/C12H12N4O4/c17-11-6-5-9(14-11)12(18)15-13-7-8-3-1-2-4-10(8)16(19)20/h1-4,7,9H,5-6H2,(H,14,17)(H,15,18)/b13-7+/t9-/m0/s1. The fourth-order valence-electron chi connectivity index (χ4n) is 1.82. The Kier molecular flexibility index (Phi) is 4.04. The molecule has 2 amide bonds. The number of carbonyl (C=O) groups excluding carboxylic acids is 2. The van der Waals surface area contributed by atoms with E-state index in [-0.39, 0.29) is 17.2 Å². The zero-order valence-electron chi connectivity index (χ0n) is 10.4. The summed E-state index contributed by atoms with van der Waals surface area (Å²) in [5, 5.41) is 16.9. The number of hydrogen-bond acceptors (Lipinski definition) is 5. The van der Waals surface area contributed by atoms with Crippen molar-refractivity contribution in [2.75, 3.05) is 0 Å². The second kappa shape index (κ2) is 5.91. The average Bonchev–Trinajstić information content (AvgIpc) is 2.86. The minimum absolute atomic E-state index is 0.0975. The van der Waals surface area contributed by atoms with E-state index in [1.807, 2.05) is 0 Å². The van der Waals surface area contributed by atoms with Gasteiger partial charge in [0.2, 0.25) is 5.91 Å². The quantitative estimate of drug-likeness (QED) is 0.468. The van der Waals surface area contributed by atoms with E-state index in [4.69, 9.17) is 0 Å². The van der Waals surface area contributed by atoms with Crippen molar-refractivity contribution in [1.82, 2.24) is 10.7 Å². The van der Waals surface area contributed by atoms with E-state index in [0.717, 1.165) is 0 Å². The lowest BCUT2D eigenvalue weighted by atomic mass is 10.2. The molecule has 1 aromatic rings. The molecule has 1 atom stereocenters. The number of para-hydroxylation sites is 1. The van der Waals surface area contributed by atoms with Crippen LogP contribution < -0.4 is 10.7 Å². The predicted octanol–water partition coefficient (Wildman–Crippen LogP) is 0.323. The van der Waals surface area contributed by atoms with Crippen LogP contribution in [0.4, 0.5) is 5.69 Å². The van der Waals surface area contributed by atoms with Crippen LogP contribution in [-0.4, -0.2) is 29.0 Å². The van der Waals surface area contributed by atoms with Gasteiger partial charge < -0.3 is 5.32 Å². The number of nitro benzene ring substituents is 1. The molecule has 104 valence electrons. The van der Waals surface area contributed by atoms with Crippen LogP contribution in [0, 0.1) is 10.1 Å². The van der Waals surface area contributed by atoms with E-state index in [1.165, 1.54) is 18.3 Å². The molecule has 0 aliphatic carbocycles. The molecule has 8 heteroatoms. The van der Waals surface area contributed by atoms with Crippen LogP contribution in [0.5, 0.6) is 0 Å². The van der Waals surface area contributed by atoms with Gasteiger partial charge in [-0.1, -0.05) is 12.1 Å². The largest absolute Gasteiger partial charge is 0.344 e. The summed E-state index contributed by atoms with van der Waals surface area (Å²) in [6.07, 6.45) is 1.93. The van der Waals surface area contributed by atoms with E-state index < -0.39 is 16.9 Å². The van der Waals surface area contributed by atoms with E-state index in [2.05, 4.69) is 15.8 Å². The maximum absolute atomic E-state index is 11.6. The molecule has 0 unspecified atom stereocenters. The van der Waals surface area contributed by atoms with E-state index >= 15 is 0 Å². The third-order valence-corrected chi connectivity index (χ3v) is 2.82. The van der Waals surface area contributed by atoms with Crippen molar-refractivity contribution < 1.29 is 14.5 Å². The molecular formula is C12H12N4O4. The van der Waals surface area contributed by atoms with Crippen molar-refractivity contribution >= 4 is 23.7 Å². The van der Waals surface area contributed by atoms with Crippen molar-refractivity contribution in [3.8, 4) is 0 Å². The highest BCUT2D eigenvalue weighted by molar-refractivity contribution is 5.92. The van der Waals surface area contributed by atoms with E-state index in [1.54, 1.807) is 12.1 Å². The third kappa shape index (κ3) is 3.16. The SMILES string of the molecule is O=C1CC[C@@H](C(=O)N/N=C/c2ccccc2[N+](=O)[O-])N1. The number of carbonyl (C=O) groups is 2. The number of nitro groups is 1. The van der Waals surface area contributed by atoms with Crippen molar-refractivity contribution in [2.24, 2.45) is 5.10 Å². The first-order valence-corrected chi connectivity index (χ1v) is 5.93. The fraction of sp³-hybridized carbons (Fsp3) is 0.250. The van der Waals surface area contributed by atoms with E-state index in [0.29, 0.717) is 12.8 Å². The molecule has 1 aliphatic rings. The summed E-state index contributed by atoms with van der Waals surface area (Å²) in [6, 6.07) is 5.45. The maximum atomic E-state index is 11.6. The Hall–Kier alpha value is -2.77. The van der Waals surface area contributed by atoms with Gasteiger partial charge in [0, 0.05) is 12.5 Å². The maximum Gasteiger partial charge on any atom is 0.278 e. The van der Waals surface area contributed by atoms with Crippen molar-refractivity contribution in [3.05, 3.63) is 39.9 Å². The molecule has 2 rings (SSSR count). The topological polar surface area (TPSA) is 114 Å². The van der Waals surface area contributed by atoms with Gasteiger partial charge in [-0.2, -0.15) is 5.10 Å². The van der Waals surface area contributed by atoms with Gasteiger partial charge in [0.25, 0.3) is 11.6 Å². The van der Waals surface area contributed by atoms with Crippen LogP contribution in [0.15, 0.2) is 29.4 Å². The minimum atomic E-state index is -0.592. The summed E-state index contributed by atoms with van der Waals surface area (Å²) in [7, 11) is 0. The number of benzene rings is 1. The minimum Gasteiger partial charge on any atom is -0.344 e. The van der Waals surface area contributed by atoms with Crippen LogP contribution in [0.3, 0.4) is 0 Å². The number of nitrogens with zero attached hydrogens (tertiary/aromatic N) is 2. The van der Waals surface area contributed by atoms with Gasteiger partial charge in [0.15, 0.2) is 0 Å². The van der Waals surface area contributed by atoms with E-state index in [9.17, 15) is 19.7 Å². The van der Waals surface area contributed by atoms with Crippen LogP contribution in [-0.2, 0) is 9.59 Å². The monoisotopic (exact) mass is 276 g/mol. The molecule has 1 aliphatic heterocycles. The molecule has 0 saturated carbocycles. The number of hydrogen-bond donors (Lipinski definition) is 2. The summed E-state index contributed by atoms with van der Waals surface area (Å²) in [4.78, 5) is 32.8.